The smallest absolute Gasteiger partial charge is 0.191 e. The first-order chi connectivity index (χ1) is 13.0. The standard InChI is InChI=1S/C20H41N5O2/c1-6-21-20(22-11-17(4)25-8-9-26-15-18(25)5)23-12-19-14-24(7-10-27-19)13-16(2)3/h16-19H,6-15H2,1-5H3,(H2,21,22,23). The number of rotatable bonds is 8. The van der Waals surface area contributed by atoms with Crippen molar-refractivity contribution in [2.24, 2.45) is 10.9 Å². The van der Waals surface area contributed by atoms with Crippen molar-refractivity contribution in [1.29, 1.82) is 0 Å². The first-order valence-corrected chi connectivity index (χ1v) is 10.7. The van der Waals surface area contributed by atoms with E-state index in [0.717, 1.165) is 71.6 Å². The molecule has 2 heterocycles. The van der Waals surface area contributed by atoms with E-state index in [4.69, 9.17) is 14.5 Å². The van der Waals surface area contributed by atoms with Crippen LogP contribution in [0.15, 0.2) is 4.99 Å². The lowest BCUT2D eigenvalue weighted by Crippen LogP contribution is -2.51. The number of guanidine groups is 1. The number of aliphatic imine (C=N–C) groups is 1. The third-order valence-electron chi connectivity index (χ3n) is 5.19. The van der Waals surface area contributed by atoms with Crippen molar-refractivity contribution in [3.8, 4) is 0 Å². The minimum atomic E-state index is 0.220. The van der Waals surface area contributed by atoms with Crippen LogP contribution in [0.5, 0.6) is 0 Å². The first kappa shape index (κ1) is 22.4. The molecular weight excluding hydrogens is 342 g/mol. The normalized spacial score (nSPS) is 27.0. The molecule has 2 saturated heterocycles. The van der Waals surface area contributed by atoms with Gasteiger partial charge in [-0.2, -0.15) is 0 Å². The molecule has 7 nitrogen and oxygen atoms in total. The molecule has 0 aromatic heterocycles. The van der Waals surface area contributed by atoms with E-state index in [2.05, 4.69) is 55.1 Å². The van der Waals surface area contributed by atoms with Crippen molar-refractivity contribution in [2.75, 3.05) is 65.6 Å². The van der Waals surface area contributed by atoms with Gasteiger partial charge in [-0.1, -0.05) is 13.8 Å². The predicted molar refractivity (Wildman–Crippen MR) is 111 cm³/mol. The SMILES string of the molecule is CCNC(=NCC(C)N1CCOCC1C)NCC1CN(CC(C)C)CCO1. The third-order valence-corrected chi connectivity index (χ3v) is 5.19. The van der Waals surface area contributed by atoms with Gasteiger partial charge in [-0.3, -0.25) is 14.8 Å². The Morgan fingerprint density at radius 2 is 2.00 bits per heavy atom. The molecule has 2 aliphatic heterocycles. The molecule has 0 saturated carbocycles. The highest BCUT2D eigenvalue weighted by Crippen LogP contribution is 2.11. The van der Waals surface area contributed by atoms with Crippen molar-refractivity contribution >= 4 is 5.96 Å². The zero-order valence-corrected chi connectivity index (χ0v) is 18.0. The molecule has 0 aromatic rings. The van der Waals surface area contributed by atoms with Crippen LogP contribution in [-0.2, 0) is 9.47 Å². The summed E-state index contributed by atoms with van der Waals surface area (Å²) in [6.45, 7) is 20.2. The lowest BCUT2D eigenvalue weighted by molar-refractivity contribution is -0.0284. The second-order valence-corrected chi connectivity index (χ2v) is 8.26. The molecule has 2 rings (SSSR count). The average molecular weight is 384 g/mol. The summed E-state index contributed by atoms with van der Waals surface area (Å²) in [6.07, 6.45) is 0.220. The lowest BCUT2D eigenvalue weighted by atomic mass is 10.2. The van der Waals surface area contributed by atoms with Gasteiger partial charge in [0.2, 0.25) is 0 Å². The zero-order chi connectivity index (χ0) is 19.6. The monoisotopic (exact) mass is 383 g/mol. The topological polar surface area (TPSA) is 61.4 Å². The summed E-state index contributed by atoms with van der Waals surface area (Å²) in [5.74, 6) is 1.58. The fourth-order valence-electron chi connectivity index (χ4n) is 3.86. The molecule has 3 unspecified atom stereocenters. The summed E-state index contributed by atoms with van der Waals surface area (Å²) < 4.78 is 11.5. The molecule has 0 aliphatic carbocycles. The summed E-state index contributed by atoms with van der Waals surface area (Å²) >= 11 is 0. The molecule has 3 atom stereocenters. The molecule has 2 fully saturated rings. The van der Waals surface area contributed by atoms with E-state index in [1.165, 1.54) is 0 Å². The molecule has 0 amide bonds. The Morgan fingerprint density at radius 3 is 2.70 bits per heavy atom. The maximum absolute atomic E-state index is 5.94. The van der Waals surface area contributed by atoms with Crippen molar-refractivity contribution in [2.45, 2.75) is 52.8 Å². The molecule has 0 radical (unpaired) electrons. The Morgan fingerprint density at radius 1 is 1.19 bits per heavy atom. The van der Waals surface area contributed by atoms with Crippen molar-refractivity contribution in [1.82, 2.24) is 20.4 Å². The Bertz CT molecular complexity index is 446. The van der Waals surface area contributed by atoms with E-state index >= 15 is 0 Å². The largest absolute Gasteiger partial charge is 0.379 e. The minimum absolute atomic E-state index is 0.220. The number of nitrogens with zero attached hydrogens (tertiary/aromatic N) is 3. The van der Waals surface area contributed by atoms with Crippen LogP contribution in [0.2, 0.25) is 0 Å². The maximum Gasteiger partial charge on any atom is 0.191 e. The summed E-state index contributed by atoms with van der Waals surface area (Å²) in [6, 6.07) is 0.869. The van der Waals surface area contributed by atoms with E-state index in [9.17, 15) is 0 Å². The van der Waals surface area contributed by atoms with Crippen LogP contribution in [0.1, 0.15) is 34.6 Å². The Labute approximate surface area is 165 Å². The van der Waals surface area contributed by atoms with Crippen LogP contribution in [-0.4, -0.2) is 99.6 Å². The van der Waals surface area contributed by atoms with E-state index in [-0.39, 0.29) is 6.10 Å². The van der Waals surface area contributed by atoms with Gasteiger partial charge in [-0.05, 0) is 26.7 Å². The third kappa shape index (κ3) is 7.94. The molecule has 2 aliphatic rings. The maximum atomic E-state index is 5.94. The highest BCUT2D eigenvalue weighted by atomic mass is 16.5. The van der Waals surface area contributed by atoms with Gasteiger partial charge in [0.1, 0.15) is 0 Å². The number of hydrogen-bond acceptors (Lipinski definition) is 5. The van der Waals surface area contributed by atoms with E-state index < -0.39 is 0 Å². The fourth-order valence-corrected chi connectivity index (χ4v) is 3.86. The highest BCUT2D eigenvalue weighted by Gasteiger charge is 2.24. The van der Waals surface area contributed by atoms with Gasteiger partial charge in [0, 0.05) is 51.4 Å². The second kappa shape index (κ2) is 11.8. The summed E-state index contributed by atoms with van der Waals surface area (Å²) in [7, 11) is 0. The molecular formula is C20H41N5O2. The van der Waals surface area contributed by atoms with Crippen LogP contribution in [0, 0.1) is 5.92 Å². The summed E-state index contributed by atoms with van der Waals surface area (Å²) in [5, 5.41) is 6.84. The van der Waals surface area contributed by atoms with Gasteiger partial charge < -0.3 is 20.1 Å². The molecule has 0 bridgehead atoms. The molecule has 27 heavy (non-hydrogen) atoms. The average Bonchev–Trinajstić information content (AvgIpc) is 2.64. The number of hydrogen-bond donors (Lipinski definition) is 2. The summed E-state index contributed by atoms with van der Waals surface area (Å²) in [5.41, 5.74) is 0. The van der Waals surface area contributed by atoms with Gasteiger partial charge in [-0.25, -0.2) is 0 Å². The first-order valence-electron chi connectivity index (χ1n) is 10.7. The Kier molecular flexibility index (Phi) is 9.82. The number of morpholine rings is 2. The van der Waals surface area contributed by atoms with Crippen LogP contribution >= 0.6 is 0 Å². The highest BCUT2D eigenvalue weighted by molar-refractivity contribution is 5.79. The van der Waals surface area contributed by atoms with Crippen molar-refractivity contribution < 1.29 is 9.47 Å². The Hall–Kier alpha value is -0.890. The van der Waals surface area contributed by atoms with Gasteiger partial charge in [0.25, 0.3) is 0 Å². The van der Waals surface area contributed by atoms with Gasteiger partial charge in [0.15, 0.2) is 5.96 Å². The molecule has 0 aromatic carbocycles. The Balaban J connectivity index is 1.80. The summed E-state index contributed by atoms with van der Waals surface area (Å²) in [4.78, 5) is 9.81. The quantitative estimate of drug-likeness (QED) is 0.482. The van der Waals surface area contributed by atoms with Crippen LogP contribution < -0.4 is 10.6 Å². The van der Waals surface area contributed by atoms with E-state index in [1.807, 2.05) is 0 Å². The second-order valence-electron chi connectivity index (χ2n) is 8.26. The van der Waals surface area contributed by atoms with Crippen LogP contribution in [0.25, 0.3) is 0 Å². The van der Waals surface area contributed by atoms with E-state index in [1.54, 1.807) is 0 Å². The van der Waals surface area contributed by atoms with Crippen LogP contribution in [0.3, 0.4) is 0 Å². The van der Waals surface area contributed by atoms with Gasteiger partial charge in [-0.15, -0.1) is 0 Å². The molecule has 158 valence electrons. The van der Waals surface area contributed by atoms with E-state index in [0.29, 0.717) is 18.0 Å². The fraction of sp³-hybridized carbons (Fsp3) is 0.950. The minimum Gasteiger partial charge on any atom is -0.379 e. The molecule has 7 heteroatoms. The zero-order valence-electron chi connectivity index (χ0n) is 18.0. The van der Waals surface area contributed by atoms with Crippen molar-refractivity contribution in [3.63, 3.8) is 0 Å². The predicted octanol–water partition coefficient (Wildman–Crippen LogP) is 1.01. The lowest BCUT2D eigenvalue weighted by Gasteiger charge is -2.37. The molecule has 2 N–H and O–H groups in total. The van der Waals surface area contributed by atoms with Gasteiger partial charge in [0.05, 0.1) is 32.5 Å². The number of ether oxygens (including phenoxy) is 2. The van der Waals surface area contributed by atoms with Gasteiger partial charge >= 0.3 is 0 Å². The van der Waals surface area contributed by atoms with Crippen LogP contribution in [0.4, 0.5) is 0 Å². The van der Waals surface area contributed by atoms with Crippen molar-refractivity contribution in [3.05, 3.63) is 0 Å². The molecule has 0 spiro atoms. The number of nitrogens with one attached hydrogen (secondary N) is 2.